The number of thioether (sulfide) groups is 1. The van der Waals surface area contributed by atoms with Gasteiger partial charge in [0.25, 0.3) is 0 Å². The van der Waals surface area contributed by atoms with Gasteiger partial charge in [-0.2, -0.15) is 11.8 Å². The quantitative estimate of drug-likeness (QED) is 0.899. The van der Waals surface area contributed by atoms with Crippen LogP contribution >= 0.6 is 11.8 Å². The summed E-state index contributed by atoms with van der Waals surface area (Å²) in [4.78, 5) is 0. The normalized spacial score (nSPS) is 21.1. The monoisotopic (exact) mass is 281 g/mol. The van der Waals surface area contributed by atoms with E-state index in [9.17, 15) is 0 Å². The van der Waals surface area contributed by atoms with E-state index >= 15 is 0 Å². The molecule has 1 N–H and O–H groups in total. The molecule has 1 aliphatic heterocycles. The maximum Gasteiger partial charge on any atom is 0.123 e. The second-order valence-electron chi connectivity index (χ2n) is 4.76. The fourth-order valence-electron chi connectivity index (χ4n) is 2.46. The molecule has 1 heterocycles. The number of ether oxygens (including phenoxy) is 2. The van der Waals surface area contributed by atoms with Gasteiger partial charge in [-0.1, -0.05) is 24.6 Å². The first-order valence-corrected chi connectivity index (χ1v) is 7.99. The van der Waals surface area contributed by atoms with Gasteiger partial charge >= 0.3 is 0 Å². The Morgan fingerprint density at radius 1 is 1.53 bits per heavy atom. The van der Waals surface area contributed by atoms with Crippen LogP contribution in [0, 0.1) is 6.92 Å². The predicted octanol–water partition coefficient (Wildman–Crippen LogP) is 2.79. The molecule has 0 amide bonds. The Morgan fingerprint density at radius 2 is 2.37 bits per heavy atom. The van der Waals surface area contributed by atoms with E-state index in [1.807, 2.05) is 17.8 Å². The zero-order chi connectivity index (χ0) is 13.7. The van der Waals surface area contributed by atoms with E-state index in [0.29, 0.717) is 0 Å². The molecule has 106 valence electrons. The molecule has 0 radical (unpaired) electrons. The first-order valence-electron chi connectivity index (χ1n) is 6.83. The lowest BCUT2D eigenvalue weighted by molar-refractivity contribution is 0.0465. The topological polar surface area (TPSA) is 30.5 Å². The van der Waals surface area contributed by atoms with Gasteiger partial charge in [-0.3, -0.25) is 0 Å². The Morgan fingerprint density at radius 3 is 3.00 bits per heavy atom. The maximum absolute atomic E-state index is 5.95. The molecule has 0 bridgehead atoms. The largest absolute Gasteiger partial charge is 0.496 e. The van der Waals surface area contributed by atoms with Gasteiger partial charge in [0.05, 0.1) is 25.9 Å². The second-order valence-corrected chi connectivity index (χ2v) is 5.91. The molecule has 0 aromatic heterocycles. The standard InChI is InChI=1S/C15H23NO2S/c1-4-16-15(14-10-19-8-7-18-14)12-9-11(2)5-6-13(12)17-3/h5-6,9,14-16H,4,7-8,10H2,1-3H3. The van der Waals surface area contributed by atoms with Crippen LogP contribution in [0.15, 0.2) is 18.2 Å². The molecule has 0 spiro atoms. The molecule has 1 aliphatic rings. The molecule has 1 saturated heterocycles. The van der Waals surface area contributed by atoms with Crippen LogP contribution in [0.5, 0.6) is 5.75 Å². The lowest BCUT2D eigenvalue weighted by Crippen LogP contribution is -2.38. The van der Waals surface area contributed by atoms with Crippen LogP contribution in [-0.4, -0.2) is 37.9 Å². The molecule has 1 fully saturated rings. The Bertz CT molecular complexity index is 405. The average molecular weight is 281 g/mol. The second kappa shape index (κ2) is 7.17. The third-order valence-corrected chi connectivity index (χ3v) is 4.38. The SMILES string of the molecule is CCNC(c1cc(C)ccc1OC)C1CSCCO1. The summed E-state index contributed by atoms with van der Waals surface area (Å²) in [6.45, 7) is 6.01. The minimum atomic E-state index is 0.202. The van der Waals surface area contributed by atoms with E-state index < -0.39 is 0 Å². The first kappa shape index (κ1) is 14.7. The predicted molar refractivity (Wildman–Crippen MR) is 81.2 cm³/mol. The lowest BCUT2D eigenvalue weighted by atomic mass is 9.99. The zero-order valence-corrected chi connectivity index (χ0v) is 12.8. The Kier molecular flexibility index (Phi) is 5.55. The van der Waals surface area contributed by atoms with Gasteiger partial charge in [-0.05, 0) is 19.5 Å². The highest BCUT2D eigenvalue weighted by Crippen LogP contribution is 2.32. The molecule has 0 saturated carbocycles. The van der Waals surface area contributed by atoms with Crippen molar-refractivity contribution in [2.24, 2.45) is 0 Å². The number of likely N-dealkylation sites (N-methyl/N-ethyl adjacent to an activating group) is 1. The van der Waals surface area contributed by atoms with E-state index in [2.05, 4.69) is 31.3 Å². The summed E-state index contributed by atoms with van der Waals surface area (Å²) in [5.74, 6) is 3.07. The van der Waals surface area contributed by atoms with Crippen molar-refractivity contribution in [3.8, 4) is 5.75 Å². The van der Waals surface area contributed by atoms with Crippen LogP contribution in [0.4, 0.5) is 0 Å². The number of nitrogens with one attached hydrogen (secondary N) is 1. The molecule has 2 atom stereocenters. The average Bonchev–Trinajstić information content (AvgIpc) is 2.45. The van der Waals surface area contributed by atoms with Crippen LogP contribution < -0.4 is 10.1 Å². The smallest absolute Gasteiger partial charge is 0.123 e. The van der Waals surface area contributed by atoms with Gasteiger partial charge in [0.15, 0.2) is 0 Å². The molecular weight excluding hydrogens is 258 g/mol. The van der Waals surface area contributed by atoms with Crippen molar-refractivity contribution < 1.29 is 9.47 Å². The zero-order valence-electron chi connectivity index (χ0n) is 11.9. The van der Waals surface area contributed by atoms with E-state index in [1.165, 1.54) is 11.1 Å². The number of hydrogen-bond acceptors (Lipinski definition) is 4. The van der Waals surface area contributed by atoms with Crippen molar-refractivity contribution in [2.45, 2.75) is 26.0 Å². The van der Waals surface area contributed by atoms with Crippen molar-refractivity contribution in [2.75, 3.05) is 31.8 Å². The highest BCUT2D eigenvalue weighted by Gasteiger charge is 2.27. The number of rotatable bonds is 5. The summed E-state index contributed by atoms with van der Waals surface area (Å²) in [6.07, 6.45) is 0.217. The molecule has 19 heavy (non-hydrogen) atoms. The fourth-order valence-corrected chi connectivity index (χ4v) is 3.36. The van der Waals surface area contributed by atoms with Gasteiger partial charge in [-0.15, -0.1) is 0 Å². The van der Waals surface area contributed by atoms with Gasteiger partial charge in [0.2, 0.25) is 0 Å². The summed E-state index contributed by atoms with van der Waals surface area (Å²) < 4.78 is 11.5. The van der Waals surface area contributed by atoms with Crippen molar-refractivity contribution in [1.29, 1.82) is 0 Å². The van der Waals surface area contributed by atoms with E-state index in [0.717, 1.165) is 30.4 Å². The maximum atomic E-state index is 5.95. The van der Waals surface area contributed by atoms with Gasteiger partial charge in [-0.25, -0.2) is 0 Å². The van der Waals surface area contributed by atoms with Crippen molar-refractivity contribution in [3.63, 3.8) is 0 Å². The Hall–Kier alpha value is -0.710. The summed E-state index contributed by atoms with van der Waals surface area (Å²) in [5, 5.41) is 3.55. The van der Waals surface area contributed by atoms with Gasteiger partial charge in [0.1, 0.15) is 5.75 Å². The summed E-state index contributed by atoms with van der Waals surface area (Å²) in [7, 11) is 1.73. The van der Waals surface area contributed by atoms with E-state index in [4.69, 9.17) is 9.47 Å². The highest BCUT2D eigenvalue weighted by molar-refractivity contribution is 7.99. The third kappa shape index (κ3) is 3.65. The van der Waals surface area contributed by atoms with Crippen molar-refractivity contribution in [1.82, 2.24) is 5.32 Å². The van der Waals surface area contributed by atoms with Gasteiger partial charge < -0.3 is 14.8 Å². The minimum Gasteiger partial charge on any atom is -0.496 e. The lowest BCUT2D eigenvalue weighted by Gasteiger charge is -2.32. The molecule has 1 aromatic carbocycles. The third-order valence-electron chi connectivity index (χ3n) is 3.36. The summed E-state index contributed by atoms with van der Waals surface area (Å²) in [6, 6.07) is 6.54. The molecule has 2 unspecified atom stereocenters. The molecule has 0 aliphatic carbocycles. The van der Waals surface area contributed by atoms with Crippen LogP contribution in [0.25, 0.3) is 0 Å². The van der Waals surface area contributed by atoms with Crippen LogP contribution in [-0.2, 0) is 4.74 Å². The molecule has 4 heteroatoms. The Labute approximate surface area is 120 Å². The minimum absolute atomic E-state index is 0.202. The summed E-state index contributed by atoms with van der Waals surface area (Å²) >= 11 is 1.96. The summed E-state index contributed by atoms with van der Waals surface area (Å²) in [5.41, 5.74) is 2.46. The molecule has 3 nitrogen and oxygen atoms in total. The van der Waals surface area contributed by atoms with E-state index in [1.54, 1.807) is 7.11 Å². The number of hydrogen-bond donors (Lipinski definition) is 1. The first-order chi connectivity index (χ1) is 9.26. The number of aryl methyl sites for hydroxylation is 1. The Balaban J connectivity index is 2.28. The van der Waals surface area contributed by atoms with Crippen molar-refractivity contribution >= 4 is 11.8 Å². The number of methoxy groups -OCH3 is 1. The number of benzene rings is 1. The molecular formula is C15H23NO2S. The van der Waals surface area contributed by atoms with Crippen LogP contribution in [0.1, 0.15) is 24.1 Å². The molecule has 2 rings (SSSR count). The van der Waals surface area contributed by atoms with Crippen LogP contribution in [0.2, 0.25) is 0 Å². The van der Waals surface area contributed by atoms with E-state index in [-0.39, 0.29) is 12.1 Å². The van der Waals surface area contributed by atoms with Crippen molar-refractivity contribution in [3.05, 3.63) is 29.3 Å². The fraction of sp³-hybridized carbons (Fsp3) is 0.600. The van der Waals surface area contributed by atoms with Crippen LogP contribution in [0.3, 0.4) is 0 Å². The van der Waals surface area contributed by atoms with Gasteiger partial charge in [0, 0.05) is 17.1 Å². The molecule has 1 aromatic rings. The highest BCUT2D eigenvalue weighted by atomic mass is 32.2.